The molecule has 1 aliphatic heterocycles. The molecule has 20 heavy (non-hydrogen) atoms. The van der Waals surface area contributed by atoms with Crippen molar-refractivity contribution < 1.29 is 4.79 Å². The standard InChI is InChI=1S/C17H30N2O/c1-2-17(20)19-11-15(8-13-6-7-13)9-16(12-19)18-10-14-4-3-5-14/h13-16,18H,2-12H2,1H3. The molecule has 0 radical (unpaired) electrons. The molecule has 1 amide bonds. The SMILES string of the molecule is CCC(=O)N1CC(CC2CC2)CC(NCC2CCC2)C1. The number of carbonyl (C=O) groups is 1. The highest BCUT2D eigenvalue weighted by molar-refractivity contribution is 5.76. The number of piperidine rings is 1. The van der Waals surface area contributed by atoms with E-state index in [4.69, 9.17) is 0 Å². The number of nitrogens with one attached hydrogen (secondary N) is 1. The summed E-state index contributed by atoms with van der Waals surface area (Å²) in [6, 6.07) is 0.545. The van der Waals surface area contributed by atoms with Gasteiger partial charge in [-0.25, -0.2) is 0 Å². The molecule has 0 spiro atoms. The Morgan fingerprint density at radius 1 is 1.10 bits per heavy atom. The zero-order valence-electron chi connectivity index (χ0n) is 12.9. The fourth-order valence-corrected chi connectivity index (χ4v) is 3.80. The Balaban J connectivity index is 1.51. The third-order valence-electron chi connectivity index (χ3n) is 5.48. The molecule has 2 atom stereocenters. The Morgan fingerprint density at radius 3 is 2.50 bits per heavy atom. The van der Waals surface area contributed by atoms with Crippen molar-refractivity contribution in [1.29, 1.82) is 0 Å². The fourth-order valence-electron chi connectivity index (χ4n) is 3.80. The molecule has 3 nitrogen and oxygen atoms in total. The van der Waals surface area contributed by atoms with E-state index < -0.39 is 0 Å². The van der Waals surface area contributed by atoms with Gasteiger partial charge in [0, 0.05) is 25.6 Å². The smallest absolute Gasteiger partial charge is 0.222 e. The second-order valence-corrected chi connectivity index (χ2v) is 7.34. The number of hydrogen-bond donors (Lipinski definition) is 1. The summed E-state index contributed by atoms with van der Waals surface area (Å²) >= 11 is 0. The van der Waals surface area contributed by atoms with Crippen LogP contribution in [0.5, 0.6) is 0 Å². The van der Waals surface area contributed by atoms with Gasteiger partial charge in [-0.1, -0.05) is 26.2 Å². The van der Waals surface area contributed by atoms with Crippen molar-refractivity contribution in [2.24, 2.45) is 17.8 Å². The van der Waals surface area contributed by atoms with Crippen LogP contribution in [0.3, 0.4) is 0 Å². The number of amides is 1. The quantitative estimate of drug-likeness (QED) is 0.810. The predicted octanol–water partition coefficient (Wildman–Crippen LogP) is 2.80. The van der Waals surface area contributed by atoms with Gasteiger partial charge in [0.2, 0.25) is 5.91 Å². The third-order valence-corrected chi connectivity index (χ3v) is 5.48. The highest BCUT2D eigenvalue weighted by atomic mass is 16.2. The van der Waals surface area contributed by atoms with E-state index in [1.807, 2.05) is 6.92 Å². The zero-order valence-corrected chi connectivity index (χ0v) is 12.9. The molecular formula is C17H30N2O. The molecule has 3 rings (SSSR count). The van der Waals surface area contributed by atoms with Gasteiger partial charge in [0.1, 0.15) is 0 Å². The molecule has 3 aliphatic rings. The lowest BCUT2D eigenvalue weighted by Gasteiger charge is -2.39. The van der Waals surface area contributed by atoms with Gasteiger partial charge in [-0.3, -0.25) is 4.79 Å². The zero-order chi connectivity index (χ0) is 13.9. The maximum absolute atomic E-state index is 12.1. The van der Waals surface area contributed by atoms with Crippen LogP contribution in [0.25, 0.3) is 0 Å². The number of rotatable bonds is 6. The minimum atomic E-state index is 0.348. The highest BCUT2D eigenvalue weighted by Gasteiger charge is 2.33. The van der Waals surface area contributed by atoms with Crippen LogP contribution in [0.1, 0.15) is 58.3 Å². The van der Waals surface area contributed by atoms with E-state index in [1.54, 1.807) is 0 Å². The summed E-state index contributed by atoms with van der Waals surface area (Å²) in [4.78, 5) is 14.2. The first-order valence-electron chi connectivity index (χ1n) is 8.75. The first-order valence-corrected chi connectivity index (χ1v) is 8.75. The van der Waals surface area contributed by atoms with Crippen LogP contribution in [0, 0.1) is 17.8 Å². The Kier molecular flexibility index (Phi) is 4.65. The van der Waals surface area contributed by atoms with Gasteiger partial charge in [-0.15, -0.1) is 0 Å². The Hall–Kier alpha value is -0.570. The summed E-state index contributed by atoms with van der Waals surface area (Å²) < 4.78 is 0. The van der Waals surface area contributed by atoms with E-state index in [0.717, 1.165) is 30.8 Å². The molecule has 0 aromatic heterocycles. The van der Waals surface area contributed by atoms with Crippen molar-refractivity contribution in [3.63, 3.8) is 0 Å². The molecule has 1 N–H and O–H groups in total. The van der Waals surface area contributed by atoms with E-state index in [-0.39, 0.29) is 0 Å². The molecule has 1 heterocycles. The summed E-state index contributed by atoms with van der Waals surface area (Å²) in [6.45, 7) is 5.13. The molecule has 0 aromatic carbocycles. The average Bonchev–Trinajstić information content (AvgIpc) is 3.19. The lowest BCUT2D eigenvalue weighted by molar-refractivity contribution is -0.133. The first kappa shape index (κ1) is 14.4. The number of nitrogens with zero attached hydrogens (tertiary/aromatic N) is 1. The molecule has 3 fully saturated rings. The van der Waals surface area contributed by atoms with Gasteiger partial charge in [-0.05, 0) is 50.0 Å². The summed E-state index contributed by atoms with van der Waals surface area (Å²) in [5.41, 5.74) is 0. The lowest BCUT2D eigenvalue weighted by atomic mass is 9.84. The average molecular weight is 278 g/mol. The summed E-state index contributed by atoms with van der Waals surface area (Å²) in [7, 11) is 0. The monoisotopic (exact) mass is 278 g/mol. The van der Waals surface area contributed by atoms with Gasteiger partial charge < -0.3 is 10.2 Å². The summed E-state index contributed by atoms with van der Waals surface area (Å²) in [6.07, 6.45) is 10.4. The van der Waals surface area contributed by atoms with Gasteiger partial charge in [0.15, 0.2) is 0 Å². The molecular weight excluding hydrogens is 248 g/mol. The Bertz CT molecular complexity index is 336. The molecule has 0 aromatic rings. The third kappa shape index (κ3) is 3.75. The predicted molar refractivity (Wildman–Crippen MR) is 81.5 cm³/mol. The topological polar surface area (TPSA) is 32.3 Å². The number of likely N-dealkylation sites (tertiary alicyclic amines) is 1. The normalized spacial score (nSPS) is 31.1. The Morgan fingerprint density at radius 2 is 1.90 bits per heavy atom. The van der Waals surface area contributed by atoms with Crippen LogP contribution in [0.4, 0.5) is 0 Å². The molecule has 2 unspecified atom stereocenters. The highest BCUT2D eigenvalue weighted by Crippen LogP contribution is 2.38. The van der Waals surface area contributed by atoms with Gasteiger partial charge in [0.25, 0.3) is 0 Å². The van der Waals surface area contributed by atoms with Crippen molar-refractivity contribution in [3.8, 4) is 0 Å². The van der Waals surface area contributed by atoms with Crippen LogP contribution >= 0.6 is 0 Å². The maximum Gasteiger partial charge on any atom is 0.222 e. The molecule has 2 aliphatic carbocycles. The second-order valence-electron chi connectivity index (χ2n) is 7.34. The fraction of sp³-hybridized carbons (Fsp3) is 0.941. The van der Waals surface area contributed by atoms with Gasteiger partial charge in [-0.2, -0.15) is 0 Å². The number of carbonyl (C=O) groups excluding carboxylic acids is 1. The van der Waals surface area contributed by atoms with E-state index in [9.17, 15) is 4.79 Å². The summed E-state index contributed by atoms with van der Waals surface area (Å²) in [5.74, 6) is 2.98. The van der Waals surface area contributed by atoms with Crippen LogP contribution in [0.15, 0.2) is 0 Å². The summed E-state index contributed by atoms with van der Waals surface area (Å²) in [5, 5.41) is 3.76. The first-order chi connectivity index (χ1) is 9.74. The van der Waals surface area contributed by atoms with Gasteiger partial charge in [0.05, 0.1) is 0 Å². The van der Waals surface area contributed by atoms with Crippen LogP contribution in [-0.4, -0.2) is 36.5 Å². The van der Waals surface area contributed by atoms with E-state index in [1.165, 1.54) is 51.5 Å². The Labute approximate surface area is 123 Å². The number of hydrogen-bond acceptors (Lipinski definition) is 2. The van der Waals surface area contributed by atoms with Crippen LogP contribution in [-0.2, 0) is 4.79 Å². The molecule has 3 heteroatoms. The van der Waals surface area contributed by atoms with Crippen molar-refractivity contribution in [2.45, 2.75) is 64.3 Å². The van der Waals surface area contributed by atoms with Crippen LogP contribution in [0.2, 0.25) is 0 Å². The molecule has 0 bridgehead atoms. The van der Waals surface area contributed by atoms with E-state index >= 15 is 0 Å². The minimum Gasteiger partial charge on any atom is -0.341 e. The lowest BCUT2D eigenvalue weighted by Crippen LogP contribution is -2.52. The maximum atomic E-state index is 12.1. The molecule has 1 saturated heterocycles. The van der Waals surface area contributed by atoms with Crippen LogP contribution < -0.4 is 5.32 Å². The van der Waals surface area contributed by atoms with Crippen molar-refractivity contribution in [1.82, 2.24) is 10.2 Å². The molecule has 2 saturated carbocycles. The largest absolute Gasteiger partial charge is 0.341 e. The van der Waals surface area contributed by atoms with Gasteiger partial charge >= 0.3 is 0 Å². The minimum absolute atomic E-state index is 0.348. The molecule has 114 valence electrons. The van der Waals surface area contributed by atoms with E-state index in [0.29, 0.717) is 18.4 Å². The van der Waals surface area contributed by atoms with E-state index in [2.05, 4.69) is 10.2 Å². The van der Waals surface area contributed by atoms with Crippen molar-refractivity contribution in [3.05, 3.63) is 0 Å². The second kappa shape index (κ2) is 6.46. The van der Waals surface area contributed by atoms with Crippen molar-refractivity contribution in [2.75, 3.05) is 19.6 Å². The van der Waals surface area contributed by atoms with Crippen molar-refractivity contribution >= 4 is 5.91 Å².